The van der Waals surface area contributed by atoms with E-state index in [1.54, 1.807) is 17.5 Å². The molecule has 1 unspecified atom stereocenters. The third-order valence-electron chi connectivity index (χ3n) is 5.24. The standard InChI is InChI=1S/C21H21N5OS/c1-13-5-10-28-21(13)16-11-18(26-8-9-27-12-14(26)2)24-19-15(16)3-6-22-20(19)17-4-7-23-25-17/h3-7,10-11,14H,8-9,12H2,1-2H3,(H,23,25). The van der Waals surface area contributed by atoms with Crippen LogP contribution in [0.4, 0.5) is 5.82 Å². The van der Waals surface area contributed by atoms with Gasteiger partial charge in [0.1, 0.15) is 17.0 Å². The van der Waals surface area contributed by atoms with E-state index < -0.39 is 0 Å². The van der Waals surface area contributed by atoms with Gasteiger partial charge in [0, 0.05) is 34.8 Å². The summed E-state index contributed by atoms with van der Waals surface area (Å²) in [4.78, 5) is 13.3. The molecule has 0 radical (unpaired) electrons. The maximum absolute atomic E-state index is 5.63. The Morgan fingerprint density at radius 3 is 2.93 bits per heavy atom. The van der Waals surface area contributed by atoms with Gasteiger partial charge in [0.2, 0.25) is 0 Å². The molecule has 0 amide bonds. The number of H-pyrrole nitrogens is 1. The van der Waals surface area contributed by atoms with E-state index in [0.29, 0.717) is 6.61 Å². The van der Waals surface area contributed by atoms with Crippen LogP contribution in [0.3, 0.4) is 0 Å². The van der Waals surface area contributed by atoms with Crippen molar-refractivity contribution in [3.63, 3.8) is 0 Å². The number of nitrogens with zero attached hydrogens (tertiary/aromatic N) is 4. The van der Waals surface area contributed by atoms with E-state index in [4.69, 9.17) is 9.72 Å². The highest BCUT2D eigenvalue weighted by Crippen LogP contribution is 2.38. The lowest BCUT2D eigenvalue weighted by atomic mass is 10.0. The van der Waals surface area contributed by atoms with E-state index in [-0.39, 0.29) is 6.04 Å². The van der Waals surface area contributed by atoms with Crippen LogP contribution in [0.1, 0.15) is 12.5 Å². The van der Waals surface area contributed by atoms with Crippen molar-refractivity contribution in [2.75, 3.05) is 24.7 Å². The van der Waals surface area contributed by atoms with Gasteiger partial charge >= 0.3 is 0 Å². The monoisotopic (exact) mass is 391 g/mol. The molecule has 5 heterocycles. The van der Waals surface area contributed by atoms with Crippen molar-refractivity contribution in [1.82, 2.24) is 20.2 Å². The van der Waals surface area contributed by atoms with Crippen LogP contribution in [0.5, 0.6) is 0 Å². The van der Waals surface area contributed by atoms with Crippen LogP contribution in [-0.4, -0.2) is 46.0 Å². The first kappa shape index (κ1) is 17.3. The molecule has 1 aliphatic rings. The smallest absolute Gasteiger partial charge is 0.130 e. The average Bonchev–Trinajstić information content (AvgIpc) is 3.39. The van der Waals surface area contributed by atoms with Crippen molar-refractivity contribution in [2.45, 2.75) is 19.9 Å². The Balaban J connectivity index is 1.79. The van der Waals surface area contributed by atoms with E-state index in [1.807, 2.05) is 12.3 Å². The Hall–Kier alpha value is -2.77. The number of rotatable bonds is 3. The van der Waals surface area contributed by atoms with E-state index in [9.17, 15) is 0 Å². The van der Waals surface area contributed by atoms with Gasteiger partial charge in [-0.15, -0.1) is 11.3 Å². The molecule has 0 saturated carbocycles. The van der Waals surface area contributed by atoms with Gasteiger partial charge in [-0.05, 0) is 49.1 Å². The highest BCUT2D eigenvalue weighted by molar-refractivity contribution is 7.13. The Bertz CT molecular complexity index is 1120. The number of hydrogen-bond donors (Lipinski definition) is 1. The van der Waals surface area contributed by atoms with Crippen LogP contribution >= 0.6 is 11.3 Å². The molecule has 0 bridgehead atoms. The molecule has 4 aromatic rings. The van der Waals surface area contributed by atoms with Crippen molar-refractivity contribution in [3.8, 4) is 21.8 Å². The Morgan fingerprint density at radius 1 is 1.25 bits per heavy atom. The molecule has 0 spiro atoms. The minimum Gasteiger partial charge on any atom is -0.377 e. The molecular formula is C21H21N5OS. The predicted octanol–water partition coefficient (Wildman–Crippen LogP) is 4.28. The second kappa shape index (κ2) is 7.00. The molecule has 4 aromatic heterocycles. The Kier molecular flexibility index (Phi) is 4.33. The number of pyridine rings is 2. The predicted molar refractivity (Wildman–Crippen MR) is 113 cm³/mol. The molecule has 1 saturated heterocycles. The zero-order chi connectivity index (χ0) is 19.1. The van der Waals surface area contributed by atoms with Gasteiger partial charge in [-0.1, -0.05) is 0 Å². The van der Waals surface area contributed by atoms with Gasteiger partial charge in [0.25, 0.3) is 0 Å². The van der Waals surface area contributed by atoms with Gasteiger partial charge < -0.3 is 9.64 Å². The highest BCUT2D eigenvalue weighted by Gasteiger charge is 2.23. The average molecular weight is 392 g/mol. The van der Waals surface area contributed by atoms with Gasteiger partial charge in [0.15, 0.2) is 0 Å². The number of fused-ring (bicyclic) bond motifs is 1. The van der Waals surface area contributed by atoms with Crippen LogP contribution in [0.2, 0.25) is 0 Å². The number of nitrogens with one attached hydrogen (secondary N) is 1. The summed E-state index contributed by atoms with van der Waals surface area (Å²) in [6, 6.07) is 8.66. The number of aryl methyl sites for hydroxylation is 1. The van der Waals surface area contributed by atoms with Crippen LogP contribution in [-0.2, 0) is 4.74 Å². The number of morpholine rings is 1. The van der Waals surface area contributed by atoms with Gasteiger partial charge in [-0.3, -0.25) is 10.1 Å². The molecule has 6 nitrogen and oxygen atoms in total. The minimum atomic E-state index is 0.281. The summed E-state index contributed by atoms with van der Waals surface area (Å²) >= 11 is 1.77. The Morgan fingerprint density at radius 2 is 2.18 bits per heavy atom. The number of aromatic nitrogens is 4. The van der Waals surface area contributed by atoms with Crippen LogP contribution in [0.15, 0.2) is 42.0 Å². The van der Waals surface area contributed by atoms with Gasteiger partial charge in [-0.2, -0.15) is 5.10 Å². The summed E-state index contributed by atoms with van der Waals surface area (Å²) in [5.74, 6) is 0.972. The number of ether oxygens (including phenoxy) is 1. The first-order valence-electron chi connectivity index (χ1n) is 9.41. The molecule has 5 rings (SSSR count). The van der Waals surface area contributed by atoms with Crippen molar-refractivity contribution < 1.29 is 4.74 Å². The first-order chi connectivity index (χ1) is 13.7. The van der Waals surface area contributed by atoms with E-state index in [0.717, 1.165) is 41.3 Å². The van der Waals surface area contributed by atoms with Crippen LogP contribution in [0, 0.1) is 6.92 Å². The molecule has 1 atom stereocenters. The summed E-state index contributed by atoms with van der Waals surface area (Å²) in [7, 11) is 0. The lowest BCUT2D eigenvalue weighted by molar-refractivity contribution is 0.0986. The zero-order valence-electron chi connectivity index (χ0n) is 15.8. The molecule has 1 N–H and O–H groups in total. The fraction of sp³-hybridized carbons (Fsp3) is 0.286. The number of hydrogen-bond acceptors (Lipinski definition) is 6. The number of anilines is 1. The zero-order valence-corrected chi connectivity index (χ0v) is 16.7. The lowest BCUT2D eigenvalue weighted by Gasteiger charge is -2.34. The largest absolute Gasteiger partial charge is 0.377 e. The lowest BCUT2D eigenvalue weighted by Crippen LogP contribution is -2.44. The SMILES string of the molecule is Cc1ccsc1-c1cc(N2CCOCC2C)nc2c(-c3ccn[nH]3)nccc12. The molecule has 1 aliphatic heterocycles. The molecule has 1 fully saturated rings. The van der Waals surface area contributed by atoms with Crippen molar-refractivity contribution in [3.05, 3.63) is 47.6 Å². The summed E-state index contributed by atoms with van der Waals surface area (Å²) < 4.78 is 5.63. The Labute approximate surface area is 167 Å². The van der Waals surface area contributed by atoms with Crippen LogP contribution in [0.25, 0.3) is 32.7 Å². The first-order valence-corrected chi connectivity index (χ1v) is 10.3. The molecule has 0 aromatic carbocycles. The van der Waals surface area contributed by atoms with Gasteiger partial charge in [0.05, 0.1) is 24.9 Å². The molecule has 142 valence electrons. The quantitative estimate of drug-likeness (QED) is 0.565. The summed E-state index contributed by atoms with van der Waals surface area (Å²) in [6.45, 7) is 6.61. The fourth-order valence-corrected chi connectivity index (χ4v) is 4.73. The molecular weight excluding hydrogens is 370 g/mol. The second-order valence-electron chi connectivity index (χ2n) is 7.10. The fourth-order valence-electron chi connectivity index (χ4n) is 3.77. The highest BCUT2D eigenvalue weighted by atomic mass is 32.1. The second-order valence-corrected chi connectivity index (χ2v) is 8.02. The minimum absolute atomic E-state index is 0.281. The summed E-state index contributed by atoms with van der Waals surface area (Å²) in [5.41, 5.74) is 5.07. The summed E-state index contributed by atoms with van der Waals surface area (Å²) in [6.07, 6.45) is 3.59. The maximum Gasteiger partial charge on any atom is 0.130 e. The molecule has 7 heteroatoms. The third kappa shape index (κ3) is 2.87. The van der Waals surface area contributed by atoms with Crippen molar-refractivity contribution in [1.29, 1.82) is 0 Å². The third-order valence-corrected chi connectivity index (χ3v) is 6.29. The van der Waals surface area contributed by atoms with E-state index >= 15 is 0 Å². The summed E-state index contributed by atoms with van der Waals surface area (Å²) in [5, 5.41) is 10.4. The van der Waals surface area contributed by atoms with E-state index in [2.05, 4.69) is 57.5 Å². The van der Waals surface area contributed by atoms with Crippen molar-refractivity contribution in [2.24, 2.45) is 0 Å². The molecule has 28 heavy (non-hydrogen) atoms. The number of aromatic amines is 1. The number of thiophene rings is 1. The topological polar surface area (TPSA) is 66.9 Å². The van der Waals surface area contributed by atoms with Gasteiger partial charge in [-0.25, -0.2) is 4.98 Å². The van der Waals surface area contributed by atoms with Crippen LogP contribution < -0.4 is 4.90 Å². The van der Waals surface area contributed by atoms with E-state index in [1.165, 1.54) is 16.0 Å². The maximum atomic E-state index is 5.63. The normalized spacial score (nSPS) is 17.4. The molecule has 0 aliphatic carbocycles. The van der Waals surface area contributed by atoms with Crippen molar-refractivity contribution >= 4 is 28.1 Å².